The lowest BCUT2D eigenvalue weighted by Crippen LogP contribution is -2.56. The molecule has 1 aliphatic rings. The van der Waals surface area contributed by atoms with Crippen molar-refractivity contribution in [2.75, 3.05) is 58.0 Å². The number of anilines is 2. The van der Waals surface area contributed by atoms with Gasteiger partial charge in [0.1, 0.15) is 23.8 Å². The number of nitrogens with zero attached hydrogens (tertiary/aromatic N) is 10. The number of nitrogens with one attached hydrogen (secondary N) is 4. The van der Waals surface area contributed by atoms with Crippen molar-refractivity contribution in [1.29, 1.82) is 0 Å². The highest BCUT2D eigenvalue weighted by atomic mass is 16.2. The van der Waals surface area contributed by atoms with Crippen LogP contribution < -0.4 is 21.3 Å². The van der Waals surface area contributed by atoms with Crippen molar-refractivity contribution in [1.82, 2.24) is 59.1 Å². The first-order valence-corrected chi connectivity index (χ1v) is 18.7. The Bertz CT molecular complexity index is 2840. The summed E-state index contributed by atoms with van der Waals surface area (Å²) in [4.78, 5) is 60.7. The number of fused-ring (bicyclic) bond motifs is 10. The molecule has 2 amide bonds. The van der Waals surface area contributed by atoms with Gasteiger partial charge in [-0.05, 0) is 57.8 Å². The first kappa shape index (κ1) is 35.2. The molecule has 6 aromatic heterocycles. The van der Waals surface area contributed by atoms with E-state index in [2.05, 4.69) is 50.1 Å². The maximum Gasteiger partial charge on any atom is 0.259 e. The zero-order chi connectivity index (χ0) is 38.7. The van der Waals surface area contributed by atoms with Crippen LogP contribution in [-0.4, -0.2) is 120 Å². The molecule has 9 rings (SSSR count). The Labute approximate surface area is 321 Å². The smallest absolute Gasteiger partial charge is 0.259 e. The first-order valence-electron chi connectivity index (χ1n) is 18.7. The zero-order valence-corrected chi connectivity index (χ0v) is 31.8. The molecule has 7 heterocycles. The molecule has 56 heavy (non-hydrogen) atoms. The quantitative estimate of drug-likeness (QED) is 0.168. The lowest BCUT2D eigenvalue weighted by atomic mass is 10.1. The molecule has 1 aliphatic heterocycles. The van der Waals surface area contributed by atoms with Crippen LogP contribution in [0.2, 0.25) is 0 Å². The number of imidazole rings is 2. The molecule has 0 saturated carbocycles. The molecule has 16 nitrogen and oxygen atoms in total. The minimum atomic E-state index is -0.245. The summed E-state index contributed by atoms with van der Waals surface area (Å²) in [6.45, 7) is 6.81. The van der Waals surface area contributed by atoms with Crippen LogP contribution in [0.25, 0.3) is 55.4 Å². The largest absolute Gasteiger partial charge is 0.387 e. The summed E-state index contributed by atoms with van der Waals surface area (Å²) in [5.74, 6) is -0.357. The van der Waals surface area contributed by atoms with Gasteiger partial charge in [-0.15, -0.1) is 0 Å². The average molecular weight is 751 g/mol. The fraction of sp³-hybridized carbons (Fsp3) is 0.300. The Balaban J connectivity index is 1.19. The number of para-hydroxylation sites is 2. The molecule has 8 aromatic rings. The van der Waals surface area contributed by atoms with Crippen LogP contribution in [-0.2, 0) is 6.54 Å². The summed E-state index contributed by atoms with van der Waals surface area (Å²) < 4.78 is 3.88. The molecule has 16 heteroatoms. The molecule has 0 aliphatic carbocycles. The van der Waals surface area contributed by atoms with E-state index in [1.807, 2.05) is 75.2 Å². The number of benzene rings is 2. The molecule has 4 N–H and O–H groups in total. The van der Waals surface area contributed by atoms with E-state index in [1.165, 1.54) is 12.7 Å². The van der Waals surface area contributed by atoms with Crippen LogP contribution in [0, 0.1) is 0 Å². The van der Waals surface area contributed by atoms with Crippen LogP contribution >= 0.6 is 0 Å². The SMILES string of the molecule is CNc1c(C(=O)NCCN(C)C)c2nc3ccc(CNc4c(C(=O)N5CC(C)NC(C)C5)c5nc6ccccc6n5c5ncncc45)cc3n2c2ncncc12. The van der Waals surface area contributed by atoms with Crippen molar-refractivity contribution in [2.45, 2.75) is 32.5 Å². The molecule has 284 valence electrons. The molecule has 1 fully saturated rings. The highest BCUT2D eigenvalue weighted by molar-refractivity contribution is 6.14. The van der Waals surface area contributed by atoms with Gasteiger partial charge in [-0.2, -0.15) is 0 Å². The standard InChI is InChI=1S/C40H42N14O2/c1-22-18-52(19-23(2)48-22)40(56)32-34(26-17-43-21-47-36(26)53-29-9-7-6-8-27(29)49-38(32)53)45-15-24-10-11-28-30(14-24)54-35-25(16-42-20-46-35)33(41-3)31(37(54)50-28)39(55)44-12-13-51(4)5/h6-11,14,16-17,20-23,41,45,48H,12-13,15,18-19H2,1-5H3,(H,44,55). The van der Waals surface area contributed by atoms with Crippen molar-refractivity contribution >= 4 is 78.6 Å². The third-order valence-electron chi connectivity index (χ3n) is 10.4. The summed E-state index contributed by atoms with van der Waals surface area (Å²) in [6.07, 6.45) is 6.48. The second-order valence-electron chi connectivity index (χ2n) is 14.7. The van der Waals surface area contributed by atoms with Crippen LogP contribution in [0.1, 0.15) is 40.1 Å². The summed E-state index contributed by atoms with van der Waals surface area (Å²) in [5.41, 5.74) is 8.38. The predicted molar refractivity (Wildman–Crippen MR) is 217 cm³/mol. The minimum Gasteiger partial charge on any atom is -0.387 e. The monoisotopic (exact) mass is 750 g/mol. The topological polar surface area (TPSA) is 175 Å². The molecule has 0 bridgehead atoms. The van der Waals surface area contributed by atoms with Gasteiger partial charge in [0.05, 0.1) is 44.2 Å². The highest BCUT2D eigenvalue weighted by Gasteiger charge is 2.32. The van der Waals surface area contributed by atoms with Gasteiger partial charge in [-0.3, -0.25) is 18.4 Å². The van der Waals surface area contributed by atoms with Crippen LogP contribution in [0.3, 0.4) is 0 Å². The molecule has 2 atom stereocenters. The maximum atomic E-state index is 14.8. The number of aromatic nitrogens is 8. The number of carbonyl (C=O) groups excluding carboxylic acids is 2. The Morgan fingerprint density at radius 3 is 2.16 bits per heavy atom. The summed E-state index contributed by atoms with van der Waals surface area (Å²) in [7, 11) is 5.70. The van der Waals surface area contributed by atoms with E-state index in [-0.39, 0.29) is 23.9 Å². The van der Waals surface area contributed by atoms with Crippen molar-refractivity contribution in [3.63, 3.8) is 0 Å². The van der Waals surface area contributed by atoms with Crippen molar-refractivity contribution in [3.8, 4) is 0 Å². The number of hydrogen-bond donors (Lipinski definition) is 4. The molecule has 2 unspecified atom stereocenters. The zero-order valence-electron chi connectivity index (χ0n) is 31.8. The molecular formula is C40H42N14O2. The Morgan fingerprint density at radius 1 is 0.821 bits per heavy atom. The Hall–Kier alpha value is -6.52. The van der Waals surface area contributed by atoms with E-state index in [1.54, 1.807) is 19.4 Å². The average Bonchev–Trinajstić information content (AvgIpc) is 3.77. The summed E-state index contributed by atoms with van der Waals surface area (Å²) in [6, 6.07) is 14.1. The number of hydrogen-bond acceptors (Lipinski definition) is 12. The van der Waals surface area contributed by atoms with Gasteiger partial charge in [0.2, 0.25) is 0 Å². The van der Waals surface area contributed by atoms with Crippen molar-refractivity contribution < 1.29 is 9.59 Å². The molecule has 0 radical (unpaired) electrons. The molecule has 2 aromatic carbocycles. The number of rotatable bonds is 9. The van der Waals surface area contributed by atoms with Gasteiger partial charge >= 0.3 is 0 Å². The van der Waals surface area contributed by atoms with E-state index in [0.29, 0.717) is 94.1 Å². The van der Waals surface area contributed by atoms with E-state index >= 15 is 0 Å². The number of piperazine rings is 1. The number of likely N-dealkylation sites (N-methyl/N-ethyl adjacent to an activating group) is 1. The van der Waals surface area contributed by atoms with E-state index in [0.717, 1.165) is 22.1 Å². The van der Waals surface area contributed by atoms with Gasteiger partial charge in [-0.25, -0.2) is 29.9 Å². The third kappa shape index (κ3) is 5.84. The van der Waals surface area contributed by atoms with Crippen LogP contribution in [0.15, 0.2) is 67.5 Å². The summed E-state index contributed by atoms with van der Waals surface area (Å²) in [5, 5.41) is 14.8. The van der Waals surface area contributed by atoms with E-state index in [4.69, 9.17) is 15.0 Å². The van der Waals surface area contributed by atoms with Crippen molar-refractivity contribution in [2.24, 2.45) is 0 Å². The van der Waals surface area contributed by atoms with E-state index < -0.39 is 0 Å². The Morgan fingerprint density at radius 2 is 1.46 bits per heavy atom. The maximum absolute atomic E-state index is 14.8. The molecule has 0 spiro atoms. The minimum absolute atomic E-state index is 0.112. The second-order valence-corrected chi connectivity index (χ2v) is 14.7. The summed E-state index contributed by atoms with van der Waals surface area (Å²) >= 11 is 0. The third-order valence-corrected chi connectivity index (χ3v) is 10.4. The van der Waals surface area contributed by atoms with E-state index in [9.17, 15) is 9.59 Å². The van der Waals surface area contributed by atoms with Gasteiger partial charge in [-0.1, -0.05) is 18.2 Å². The number of amides is 2. The first-order chi connectivity index (χ1) is 27.2. The molecule has 1 saturated heterocycles. The normalized spacial score (nSPS) is 16.2. The van der Waals surface area contributed by atoms with Gasteiger partial charge in [0, 0.05) is 64.2 Å². The fourth-order valence-electron chi connectivity index (χ4n) is 8.05. The number of carbonyl (C=O) groups is 2. The fourth-order valence-corrected chi connectivity index (χ4v) is 8.05. The van der Waals surface area contributed by atoms with Gasteiger partial charge in [0.15, 0.2) is 22.6 Å². The lowest BCUT2D eigenvalue weighted by Gasteiger charge is -2.36. The molecular weight excluding hydrogens is 709 g/mol. The van der Waals surface area contributed by atoms with Crippen LogP contribution in [0.4, 0.5) is 11.4 Å². The van der Waals surface area contributed by atoms with Crippen molar-refractivity contribution in [3.05, 3.63) is 84.2 Å². The lowest BCUT2D eigenvalue weighted by molar-refractivity contribution is 0.0676. The van der Waals surface area contributed by atoms with Gasteiger partial charge in [0.25, 0.3) is 11.8 Å². The predicted octanol–water partition coefficient (Wildman–Crippen LogP) is 3.94. The highest BCUT2D eigenvalue weighted by Crippen LogP contribution is 2.36. The van der Waals surface area contributed by atoms with Gasteiger partial charge < -0.3 is 31.1 Å². The second kappa shape index (κ2) is 14.0. The Kier molecular flexibility index (Phi) is 8.77. The number of pyridine rings is 2. The van der Waals surface area contributed by atoms with Crippen LogP contribution in [0.5, 0.6) is 0 Å².